The van der Waals surface area contributed by atoms with E-state index in [1.807, 2.05) is 13.0 Å². The standard InChI is InChI=1S/C20H23FN6/c1-4-27(5-2)15-10-11-17(14(3)12-15)23-19-13-22-26-20(25-19)24-18-9-7-6-8-16(18)21/h6-13H,4-5H2,1-3H3,(H2,23,24,25,26). The number of halogens is 1. The van der Waals surface area contributed by atoms with E-state index >= 15 is 0 Å². The summed E-state index contributed by atoms with van der Waals surface area (Å²) < 4.78 is 13.8. The van der Waals surface area contributed by atoms with Crippen molar-refractivity contribution in [1.29, 1.82) is 0 Å². The molecule has 7 heteroatoms. The molecular weight excluding hydrogens is 343 g/mol. The van der Waals surface area contributed by atoms with Gasteiger partial charge >= 0.3 is 0 Å². The molecule has 1 heterocycles. The molecule has 0 saturated heterocycles. The van der Waals surface area contributed by atoms with Crippen molar-refractivity contribution in [2.24, 2.45) is 0 Å². The smallest absolute Gasteiger partial charge is 0.249 e. The molecule has 0 amide bonds. The van der Waals surface area contributed by atoms with Gasteiger partial charge in [0.1, 0.15) is 5.82 Å². The highest BCUT2D eigenvalue weighted by Crippen LogP contribution is 2.25. The van der Waals surface area contributed by atoms with Crippen molar-refractivity contribution < 1.29 is 4.39 Å². The van der Waals surface area contributed by atoms with Crippen LogP contribution in [0, 0.1) is 12.7 Å². The van der Waals surface area contributed by atoms with E-state index in [0.29, 0.717) is 11.5 Å². The predicted molar refractivity (Wildman–Crippen MR) is 108 cm³/mol. The van der Waals surface area contributed by atoms with Crippen LogP contribution in [0.5, 0.6) is 0 Å². The van der Waals surface area contributed by atoms with Gasteiger partial charge in [0.2, 0.25) is 5.95 Å². The van der Waals surface area contributed by atoms with Gasteiger partial charge in [-0.3, -0.25) is 0 Å². The van der Waals surface area contributed by atoms with Gasteiger partial charge < -0.3 is 15.5 Å². The first-order valence-electron chi connectivity index (χ1n) is 8.94. The van der Waals surface area contributed by atoms with E-state index in [1.165, 1.54) is 18.0 Å². The molecule has 140 valence electrons. The fourth-order valence-corrected chi connectivity index (χ4v) is 2.81. The summed E-state index contributed by atoms with van der Waals surface area (Å²) in [6.07, 6.45) is 1.53. The third-order valence-corrected chi connectivity index (χ3v) is 4.28. The Labute approximate surface area is 158 Å². The maximum atomic E-state index is 13.8. The first-order valence-corrected chi connectivity index (χ1v) is 8.94. The minimum atomic E-state index is -0.373. The maximum Gasteiger partial charge on any atom is 0.249 e. The summed E-state index contributed by atoms with van der Waals surface area (Å²) in [5.74, 6) is 0.382. The number of anilines is 5. The number of rotatable bonds is 7. The van der Waals surface area contributed by atoms with Crippen LogP contribution in [0.2, 0.25) is 0 Å². The minimum Gasteiger partial charge on any atom is -0.372 e. The molecule has 0 atom stereocenters. The van der Waals surface area contributed by atoms with Gasteiger partial charge in [0.15, 0.2) is 5.82 Å². The van der Waals surface area contributed by atoms with Crippen LogP contribution in [0.3, 0.4) is 0 Å². The normalized spacial score (nSPS) is 10.5. The monoisotopic (exact) mass is 366 g/mol. The summed E-state index contributed by atoms with van der Waals surface area (Å²) in [6.45, 7) is 8.25. The maximum absolute atomic E-state index is 13.8. The van der Waals surface area contributed by atoms with E-state index in [1.54, 1.807) is 18.2 Å². The van der Waals surface area contributed by atoms with Gasteiger partial charge in [-0.15, -0.1) is 5.10 Å². The quantitative estimate of drug-likeness (QED) is 0.634. The Hall–Kier alpha value is -3.22. The van der Waals surface area contributed by atoms with Crippen molar-refractivity contribution in [1.82, 2.24) is 15.2 Å². The molecule has 1 aromatic heterocycles. The van der Waals surface area contributed by atoms with E-state index in [2.05, 4.69) is 56.7 Å². The summed E-state index contributed by atoms with van der Waals surface area (Å²) in [5, 5.41) is 13.9. The highest BCUT2D eigenvalue weighted by Gasteiger charge is 2.08. The molecule has 0 bridgehead atoms. The summed E-state index contributed by atoms with van der Waals surface area (Å²) in [5.41, 5.74) is 3.52. The molecule has 3 aromatic rings. The lowest BCUT2D eigenvalue weighted by Gasteiger charge is -2.22. The summed E-state index contributed by atoms with van der Waals surface area (Å²) in [7, 11) is 0. The molecule has 6 nitrogen and oxygen atoms in total. The summed E-state index contributed by atoms with van der Waals surface area (Å²) in [6, 6.07) is 12.6. The molecule has 0 aliphatic rings. The van der Waals surface area contributed by atoms with Crippen LogP contribution in [0.1, 0.15) is 19.4 Å². The van der Waals surface area contributed by atoms with E-state index in [0.717, 1.165) is 24.3 Å². The van der Waals surface area contributed by atoms with Gasteiger partial charge in [-0.05, 0) is 56.7 Å². The van der Waals surface area contributed by atoms with Crippen molar-refractivity contribution in [3.8, 4) is 0 Å². The largest absolute Gasteiger partial charge is 0.372 e. The molecule has 3 rings (SSSR count). The number of para-hydroxylation sites is 1. The molecule has 0 aliphatic heterocycles. The molecule has 0 aliphatic carbocycles. The topological polar surface area (TPSA) is 66.0 Å². The SMILES string of the molecule is CCN(CC)c1ccc(Nc2cnnc(Nc3ccccc3F)n2)c(C)c1. The van der Waals surface area contributed by atoms with Crippen LogP contribution in [0.4, 0.5) is 33.2 Å². The predicted octanol–water partition coefficient (Wildman–Crippen LogP) is 4.65. The number of nitrogens with zero attached hydrogens (tertiary/aromatic N) is 4. The van der Waals surface area contributed by atoms with Gasteiger partial charge in [-0.2, -0.15) is 10.1 Å². The zero-order chi connectivity index (χ0) is 19.2. The van der Waals surface area contributed by atoms with Gasteiger partial charge in [-0.1, -0.05) is 12.1 Å². The second-order valence-electron chi connectivity index (χ2n) is 6.07. The second-order valence-corrected chi connectivity index (χ2v) is 6.07. The zero-order valence-corrected chi connectivity index (χ0v) is 15.7. The Kier molecular flexibility index (Phi) is 5.80. The molecular formula is C20H23FN6. The fourth-order valence-electron chi connectivity index (χ4n) is 2.81. The van der Waals surface area contributed by atoms with Crippen molar-refractivity contribution >= 4 is 28.8 Å². The number of benzene rings is 2. The Bertz CT molecular complexity index is 910. The summed E-state index contributed by atoms with van der Waals surface area (Å²) in [4.78, 5) is 6.65. The second kappa shape index (κ2) is 8.44. The Morgan fingerprint density at radius 3 is 2.48 bits per heavy atom. The molecule has 2 N–H and O–H groups in total. The van der Waals surface area contributed by atoms with Crippen molar-refractivity contribution in [3.63, 3.8) is 0 Å². The van der Waals surface area contributed by atoms with Gasteiger partial charge in [0, 0.05) is 24.5 Å². The number of hydrogen-bond donors (Lipinski definition) is 2. The van der Waals surface area contributed by atoms with E-state index in [4.69, 9.17) is 0 Å². The van der Waals surface area contributed by atoms with Crippen LogP contribution in [0.25, 0.3) is 0 Å². The minimum absolute atomic E-state index is 0.225. The summed E-state index contributed by atoms with van der Waals surface area (Å²) >= 11 is 0. The Morgan fingerprint density at radius 2 is 1.78 bits per heavy atom. The fraction of sp³-hybridized carbons (Fsp3) is 0.250. The molecule has 0 saturated carbocycles. The number of hydrogen-bond acceptors (Lipinski definition) is 6. The van der Waals surface area contributed by atoms with Crippen molar-refractivity contribution in [2.75, 3.05) is 28.6 Å². The molecule has 27 heavy (non-hydrogen) atoms. The van der Waals surface area contributed by atoms with E-state index in [-0.39, 0.29) is 11.8 Å². The van der Waals surface area contributed by atoms with Crippen molar-refractivity contribution in [3.05, 3.63) is 60.0 Å². The third kappa shape index (κ3) is 4.49. The Morgan fingerprint density at radius 1 is 1.00 bits per heavy atom. The van der Waals surface area contributed by atoms with E-state index in [9.17, 15) is 4.39 Å². The van der Waals surface area contributed by atoms with Crippen LogP contribution >= 0.6 is 0 Å². The zero-order valence-electron chi connectivity index (χ0n) is 15.7. The average Bonchev–Trinajstić information content (AvgIpc) is 2.67. The Balaban J connectivity index is 1.77. The van der Waals surface area contributed by atoms with Crippen LogP contribution < -0.4 is 15.5 Å². The first-order chi connectivity index (χ1) is 13.1. The lowest BCUT2D eigenvalue weighted by Crippen LogP contribution is -2.21. The third-order valence-electron chi connectivity index (χ3n) is 4.28. The van der Waals surface area contributed by atoms with Gasteiger partial charge in [-0.25, -0.2) is 4.39 Å². The first kappa shape index (κ1) is 18.6. The van der Waals surface area contributed by atoms with Crippen molar-refractivity contribution in [2.45, 2.75) is 20.8 Å². The highest BCUT2D eigenvalue weighted by atomic mass is 19.1. The van der Waals surface area contributed by atoms with Crippen LogP contribution in [-0.2, 0) is 0 Å². The molecule has 0 unspecified atom stereocenters. The van der Waals surface area contributed by atoms with Crippen LogP contribution in [-0.4, -0.2) is 28.3 Å². The lowest BCUT2D eigenvalue weighted by molar-refractivity contribution is 0.631. The number of aryl methyl sites for hydroxylation is 1. The average molecular weight is 366 g/mol. The van der Waals surface area contributed by atoms with Gasteiger partial charge in [0.05, 0.1) is 11.9 Å². The number of aromatic nitrogens is 3. The lowest BCUT2D eigenvalue weighted by atomic mass is 10.1. The number of nitrogens with one attached hydrogen (secondary N) is 2. The molecule has 0 fully saturated rings. The molecule has 2 aromatic carbocycles. The molecule has 0 radical (unpaired) electrons. The van der Waals surface area contributed by atoms with Gasteiger partial charge in [0.25, 0.3) is 0 Å². The highest BCUT2D eigenvalue weighted by molar-refractivity contribution is 5.65. The van der Waals surface area contributed by atoms with E-state index < -0.39 is 0 Å². The van der Waals surface area contributed by atoms with Crippen LogP contribution in [0.15, 0.2) is 48.7 Å². The molecule has 0 spiro atoms.